The molecule has 0 bridgehead atoms. The molecule has 0 fully saturated rings. The lowest BCUT2D eigenvalue weighted by Crippen LogP contribution is -2.36. The Morgan fingerprint density at radius 3 is 2.89 bits per heavy atom. The van der Waals surface area contributed by atoms with E-state index in [1.54, 1.807) is 11.3 Å². The highest BCUT2D eigenvalue weighted by molar-refractivity contribution is 7.15. The van der Waals surface area contributed by atoms with Crippen molar-refractivity contribution in [3.05, 3.63) is 28.5 Å². The smallest absolute Gasteiger partial charge is 0.194 e. The largest absolute Gasteiger partial charge is 0.308 e. The normalized spacial score (nSPS) is 13.5. The number of aryl methyl sites for hydroxylation is 1. The van der Waals surface area contributed by atoms with E-state index in [2.05, 4.69) is 67.0 Å². The summed E-state index contributed by atoms with van der Waals surface area (Å²) in [5.74, 6) is 0. The molecule has 0 aliphatic carbocycles. The summed E-state index contributed by atoms with van der Waals surface area (Å²) in [4.78, 5) is 5.62. The maximum atomic E-state index is 4.55. The molecule has 0 aliphatic rings. The molecular weight excluding hydrogens is 242 g/mol. The van der Waals surface area contributed by atoms with E-state index < -0.39 is 0 Å². The molecule has 2 aromatic rings. The van der Waals surface area contributed by atoms with Crippen LogP contribution in [-0.4, -0.2) is 21.5 Å². The first-order valence-electron chi connectivity index (χ1n) is 6.21. The second-order valence-corrected chi connectivity index (χ2v) is 6.61. The Balaban J connectivity index is 2.21. The van der Waals surface area contributed by atoms with Crippen molar-refractivity contribution in [3.63, 3.8) is 0 Å². The first-order chi connectivity index (χ1) is 8.37. The number of hydrogen-bond acceptors (Lipinski definition) is 3. The lowest BCUT2D eigenvalue weighted by atomic mass is 10.1. The molecule has 3 nitrogen and oxygen atoms in total. The zero-order valence-electron chi connectivity index (χ0n) is 11.7. The Morgan fingerprint density at radius 1 is 1.50 bits per heavy atom. The standard InChI is InChI=1S/C14H21N3S/c1-10(9-15-14(3,4)5)8-12-11(2)16-13-17(12)6-7-18-13/h6-8,15H,9H2,1-5H3. The molecule has 0 saturated carbocycles. The number of fused-ring (bicyclic) bond motifs is 1. The molecule has 0 radical (unpaired) electrons. The molecule has 0 amide bonds. The molecule has 2 heterocycles. The molecule has 0 atom stereocenters. The minimum absolute atomic E-state index is 0.152. The zero-order valence-corrected chi connectivity index (χ0v) is 12.6. The highest BCUT2D eigenvalue weighted by atomic mass is 32.1. The molecule has 4 heteroatoms. The zero-order chi connectivity index (χ0) is 13.3. The van der Waals surface area contributed by atoms with E-state index in [1.807, 2.05) is 0 Å². The number of nitrogens with zero attached hydrogens (tertiary/aromatic N) is 2. The maximum absolute atomic E-state index is 4.55. The van der Waals surface area contributed by atoms with E-state index in [0.717, 1.165) is 17.2 Å². The summed E-state index contributed by atoms with van der Waals surface area (Å²) >= 11 is 1.67. The van der Waals surface area contributed by atoms with Gasteiger partial charge in [0.1, 0.15) is 0 Å². The van der Waals surface area contributed by atoms with Gasteiger partial charge in [-0.1, -0.05) is 5.57 Å². The molecule has 18 heavy (non-hydrogen) atoms. The van der Waals surface area contributed by atoms with Gasteiger partial charge in [-0.15, -0.1) is 11.3 Å². The van der Waals surface area contributed by atoms with Crippen LogP contribution in [0.2, 0.25) is 0 Å². The molecule has 98 valence electrons. The van der Waals surface area contributed by atoms with Crippen molar-refractivity contribution in [2.24, 2.45) is 0 Å². The Kier molecular flexibility index (Phi) is 3.59. The van der Waals surface area contributed by atoms with E-state index in [1.165, 1.54) is 11.3 Å². The van der Waals surface area contributed by atoms with Gasteiger partial charge in [-0.2, -0.15) is 0 Å². The first-order valence-corrected chi connectivity index (χ1v) is 7.09. The fourth-order valence-corrected chi connectivity index (χ4v) is 2.54. The molecule has 0 aromatic carbocycles. The summed E-state index contributed by atoms with van der Waals surface area (Å²) in [7, 11) is 0. The third kappa shape index (κ3) is 3.00. The summed E-state index contributed by atoms with van der Waals surface area (Å²) in [5.41, 5.74) is 3.76. The fourth-order valence-electron chi connectivity index (χ4n) is 1.77. The third-order valence-electron chi connectivity index (χ3n) is 2.76. The van der Waals surface area contributed by atoms with Crippen LogP contribution >= 0.6 is 11.3 Å². The van der Waals surface area contributed by atoms with Crippen LogP contribution in [0.3, 0.4) is 0 Å². The van der Waals surface area contributed by atoms with E-state index in [9.17, 15) is 0 Å². The van der Waals surface area contributed by atoms with E-state index in [0.29, 0.717) is 0 Å². The van der Waals surface area contributed by atoms with Crippen LogP contribution < -0.4 is 5.32 Å². The maximum Gasteiger partial charge on any atom is 0.194 e. The van der Waals surface area contributed by atoms with Gasteiger partial charge < -0.3 is 5.32 Å². The molecular formula is C14H21N3S. The predicted octanol–water partition coefficient (Wildman–Crippen LogP) is 3.50. The topological polar surface area (TPSA) is 29.3 Å². The lowest BCUT2D eigenvalue weighted by Gasteiger charge is -2.20. The van der Waals surface area contributed by atoms with Gasteiger partial charge in [-0.05, 0) is 40.7 Å². The van der Waals surface area contributed by atoms with E-state index in [-0.39, 0.29) is 5.54 Å². The van der Waals surface area contributed by atoms with Gasteiger partial charge >= 0.3 is 0 Å². The van der Waals surface area contributed by atoms with Gasteiger partial charge in [0.05, 0.1) is 11.4 Å². The SMILES string of the molecule is CC(=Cc1c(C)nc2sccn12)CNC(C)(C)C. The number of aromatic nitrogens is 2. The van der Waals surface area contributed by atoms with Crippen molar-refractivity contribution in [1.82, 2.24) is 14.7 Å². The van der Waals surface area contributed by atoms with Gasteiger partial charge in [0, 0.05) is 23.7 Å². The van der Waals surface area contributed by atoms with Gasteiger partial charge in [0.25, 0.3) is 0 Å². The molecule has 2 aromatic heterocycles. The Labute approximate surface area is 113 Å². The van der Waals surface area contributed by atoms with E-state index >= 15 is 0 Å². The first kappa shape index (κ1) is 13.3. The van der Waals surface area contributed by atoms with Gasteiger partial charge in [-0.25, -0.2) is 4.98 Å². The van der Waals surface area contributed by atoms with Crippen molar-refractivity contribution >= 4 is 22.4 Å². The van der Waals surface area contributed by atoms with Crippen LogP contribution in [-0.2, 0) is 0 Å². The Hall–Kier alpha value is -1.13. The fraction of sp³-hybridized carbons (Fsp3) is 0.500. The van der Waals surface area contributed by atoms with Crippen molar-refractivity contribution < 1.29 is 0 Å². The van der Waals surface area contributed by atoms with Crippen LogP contribution in [0.4, 0.5) is 0 Å². The molecule has 0 aliphatic heterocycles. The predicted molar refractivity (Wildman–Crippen MR) is 79.2 cm³/mol. The second-order valence-electron chi connectivity index (χ2n) is 5.73. The second kappa shape index (κ2) is 4.86. The molecule has 0 unspecified atom stereocenters. The van der Waals surface area contributed by atoms with Crippen molar-refractivity contribution in [1.29, 1.82) is 0 Å². The average molecular weight is 263 g/mol. The Morgan fingerprint density at radius 2 is 2.22 bits per heavy atom. The van der Waals surface area contributed by atoms with Crippen molar-refractivity contribution in [3.8, 4) is 0 Å². The number of hydrogen-bond donors (Lipinski definition) is 1. The Bertz CT molecular complexity index is 569. The highest BCUT2D eigenvalue weighted by Gasteiger charge is 2.10. The quantitative estimate of drug-likeness (QED) is 0.918. The summed E-state index contributed by atoms with van der Waals surface area (Å²) in [6.45, 7) is 11.7. The minimum atomic E-state index is 0.152. The van der Waals surface area contributed by atoms with Gasteiger partial charge in [0.2, 0.25) is 0 Å². The number of thiazole rings is 1. The lowest BCUT2D eigenvalue weighted by molar-refractivity contribution is 0.445. The molecule has 0 spiro atoms. The van der Waals surface area contributed by atoms with Crippen LogP contribution in [0.15, 0.2) is 17.2 Å². The van der Waals surface area contributed by atoms with Crippen LogP contribution in [0.1, 0.15) is 39.1 Å². The summed E-state index contributed by atoms with van der Waals surface area (Å²) in [6, 6.07) is 0. The summed E-state index contributed by atoms with van der Waals surface area (Å²) in [6.07, 6.45) is 4.30. The van der Waals surface area contributed by atoms with Crippen molar-refractivity contribution in [2.75, 3.05) is 6.54 Å². The van der Waals surface area contributed by atoms with Gasteiger partial charge in [0.15, 0.2) is 4.96 Å². The number of nitrogens with one attached hydrogen (secondary N) is 1. The molecule has 0 saturated heterocycles. The third-order valence-corrected chi connectivity index (χ3v) is 3.52. The number of rotatable bonds is 3. The number of imidazole rings is 1. The van der Waals surface area contributed by atoms with Crippen molar-refractivity contribution in [2.45, 2.75) is 40.2 Å². The average Bonchev–Trinajstić information content (AvgIpc) is 2.79. The summed E-state index contributed by atoms with van der Waals surface area (Å²) in [5, 5.41) is 5.57. The monoisotopic (exact) mass is 263 g/mol. The van der Waals surface area contributed by atoms with E-state index in [4.69, 9.17) is 0 Å². The minimum Gasteiger partial charge on any atom is -0.308 e. The summed E-state index contributed by atoms with van der Waals surface area (Å²) < 4.78 is 2.15. The molecule has 1 N–H and O–H groups in total. The molecule has 2 rings (SSSR count). The van der Waals surface area contributed by atoms with Crippen LogP contribution in [0.5, 0.6) is 0 Å². The highest BCUT2D eigenvalue weighted by Crippen LogP contribution is 2.19. The van der Waals surface area contributed by atoms with Crippen LogP contribution in [0.25, 0.3) is 11.0 Å². The van der Waals surface area contributed by atoms with Gasteiger partial charge in [-0.3, -0.25) is 4.40 Å². The van der Waals surface area contributed by atoms with Crippen LogP contribution in [0, 0.1) is 6.92 Å².